The number of anilines is 1. The predicted octanol–water partition coefficient (Wildman–Crippen LogP) is 4.98. The first-order valence-corrected chi connectivity index (χ1v) is 9.89. The van der Waals surface area contributed by atoms with Crippen molar-refractivity contribution in [3.63, 3.8) is 0 Å². The highest BCUT2D eigenvalue weighted by molar-refractivity contribution is 7.99. The maximum absolute atomic E-state index is 12.4. The third kappa shape index (κ3) is 5.44. The fourth-order valence-electron chi connectivity index (χ4n) is 2.60. The van der Waals surface area contributed by atoms with E-state index in [9.17, 15) is 4.79 Å². The van der Waals surface area contributed by atoms with Gasteiger partial charge in [-0.25, -0.2) is 0 Å². The molecule has 6 heteroatoms. The van der Waals surface area contributed by atoms with Crippen molar-refractivity contribution < 1.29 is 9.21 Å². The van der Waals surface area contributed by atoms with Crippen LogP contribution >= 0.6 is 11.8 Å². The first-order chi connectivity index (χ1) is 13.0. The minimum absolute atomic E-state index is 0.113. The molecular formula is C21H23N3O2S. The first-order valence-electron chi connectivity index (χ1n) is 9.01. The van der Waals surface area contributed by atoms with Crippen molar-refractivity contribution in [2.45, 2.75) is 43.8 Å². The Kier molecular flexibility index (Phi) is 6.29. The van der Waals surface area contributed by atoms with Crippen molar-refractivity contribution in [1.29, 1.82) is 0 Å². The predicted molar refractivity (Wildman–Crippen MR) is 108 cm³/mol. The van der Waals surface area contributed by atoms with Gasteiger partial charge in [0.25, 0.3) is 5.91 Å². The smallest absolute Gasteiger partial charge is 0.322 e. The van der Waals surface area contributed by atoms with Gasteiger partial charge in [0.2, 0.25) is 5.89 Å². The first kappa shape index (κ1) is 19.2. The lowest BCUT2D eigenvalue weighted by Crippen LogP contribution is -2.12. The van der Waals surface area contributed by atoms with Crippen molar-refractivity contribution in [1.82, 2.24) is 10.2 Å². The number of nitrogens with zero attached hydrogens (tertiary/aromatic N) is 2. The van der Waals surface area contributed by atoms with E-state index in [1.54, 1.807) is 17.8 Å². The van der Waals surface area contributed by atoms with Crippen LogP contribution < -0.4 is 5.32 Å². The van der Waals surface area contributed by atoms with E-state index in [-0.39, 0.29) is 11.9 Å². The lowest BCUT2D eigenvalue weighted by Gasteiger charge is -2.06. The topological polar surface area (TPSA) is 68.0 Å². The van der Waals surface area contributed by atoms with Crippen LogP contribution in [0.4, 0.5) is 6.01 Å². The van der Waals surface area contributed by atoms with E-state index < -0.39 is 0 Å². The van der Waals surface area contributed by atoms with Gasteiger partial charge in [0.15, 0.2) is 0 Å². The van der Waals surface area contributed by atoms with Crippen LogP contribution in [0, 0.1) is 0 Å². The molecule has 0 radical (unpaired) electrons. The van der Waals surface area contributed by atoms with Gasteiger partial charge in [-0.1, -0.05) is 56.2 Å². The van der Waals surface area contributed by atoms with Gasteiger partial charge in [-0.15, -0.1) is 16.9 Å². The van der Waals surface area contributed by atoms with Crippen molar-refractivity contribution in [2.75, 3.05) is 5.32 Å². The molecule has 3 rings (SSSR count). The van der Waals surface area contributed by atoms with E-state index in [1.165, 1.54) is 5.56 Å². The number of hydrogen-bond acceptors (Lipinski definition) is 5. The molecule has 5 nitrogen and oxygen atoms in total. The molecular weight excluding hydrogens is 358 g/mol. The van der Waals surface area contributed by atoms with Crippen LogP contribution in [0.2, 0.25) is 0 Å². The Labute approximate surface area is 163 Å². The Morgan fingerprint density at radius 3 is 2.56 bits per heavy atom. The molecule has 1 N–H and O–H groups in total. The van der Waals surface area contributed by atoms with Gasteiger partial charge >= 0.3 is 6.01 Å². The Hall–Kier alpha value is -2.60. The molecule has 0 saturated carbocycles. The second-order valence-electron chi connectivity index (χ2n) is 6.50. The number of aryl methyl sites for hydroxylation is 1. The number of nitrogens with one attached hydrogen (secondary N) is 1. The lowest BCUT2D eigenvalue weighted by molar-refractivity contribution is 0.102. The zero-order valence-corrected chi connectivity index (χ0v) is 16.5. The summed E-state index contributed by atoms with van der Waals surface area (Å²) >= 11 is 1.71. The van der Waals surface area contributed by atoms with Crippen LogP contribution in [-0.2, 0) is 12.8 Å². The van der Waals surface area contributed by atoms with Crippen molar-refractivity contribution in [3.8, 4) is 0 Å². The maximum Gasteiger partial charge on any atom is 0.322 e. The summed E-state index contributed by atoms with van der Waals surface area (Å²) in [6.07, 6.45) is 1.54. The van der Waals surface area contributed by atoms with E-state index in [2.05, 4.69) is 60.6 Å². The molecule has 27 heavy (non-hydrogen) atoms. The quantitative estimate of drug-likeness (QED) is 0.585. The molecule has 140 valence electrons. The van der Waals surface area contributed by atoms with Gasteiger partial charge in [0.1, 0.15) is 0 Å². The third-order valence-corrected chi connectivity index (χ3v) is 4.94. The summed E-state index contributed by atoms with van der Waals surface area (Å²) in [6, 6.07) is 15.9. The van der Waals surface area contributed by atoms with Gasteiger partial charge in [-0.05, 0) is 35.7 Å². The van der Waals surface area contributed by atoms with Gasteiger partial charge < -0.3 is 4.42 Å². The molecule has 0 spiro atoms. The third-order valence-electron chi connectivity index (χ3n) is 3.94. The van der Waals surface area contributed by atoms with Crippen molar-refractivity contribution in [3.05, 3.63) is 71.1 Å². The maximum atomic E-state index is 12.4. The van der Waals surface area contributed by atoms with Crippen LogP contribution in [0.25, 0.3) is 0 Å². The molecule has 1 heterocycles. The molecule has 1 amide bonds. The SMILES string of the molecule is CCc1ccc(Cc2nnc(NC(=O)c3cccc(SC(C)C)c3)o2)cc1. The van der Waals surface area contributed by atoms with E-state index in [0.29, 0.717) is 23.1 Å². The van der Waals surface area contributed by atoms with E-state index >= 15 is 0 Å². The molecule has 0 bridgehead atoms. The number of rotatable bonds is 7. The van der Waals surface area contributed by atoms with Gasteiger partial charge in [-0.2, -0.15) is 0 Å². The van der Waals surface area contributed by atoms with Crippen LogP contribution in [0.15, 0.2) is 57.8 Å². The lowest BCUT2D eigenvalue weighted by atomic mass is 10.1. The molecule has 0 aliphatic heterocycles. The summed E-state index contributed by atoms with van der Waals surface area (Å²) in [5.74, 6) is 0.211. The standard InChI is InChI=1S/C21H23N3O2S/c1-4-15-8-10-16(11-9-15)12-19-23-24-21(26-19)22-20(25)17-6-5-7-18(13-17)27-14(2)3/h5-11,13-14H,4,12H2,1-3H3,(H,22,24,25). The highest BCUT2D eigenvalue weighted by Crippen LogP contribution is 2.24. The average molecular weight is 382 g/mol. The highest BCUT2D eigenvalue weighted by Gasteiger charge is 2.13. The number of carbonyl (C=O) groups is 1. The average Bonchev–Trinajstić information content (AvgIpc) is 3.09. The number of benzene rings is 2. The summed E-state index contributed by atoms with van der Waals surface area (Å²) in [5.41, 5.74) is 2.94. The number of carbonyl (C=O) groups excluding carboxylic acids is 1. The molecule has 0 aliphatic rings. The summed E-state index contributed by atoms with van der Waals surface area (Å²) < 4.78 is 5.57. The van der Waals surface area contributed by atoms with Crippen molar-refractivity contribution >= 4 is 23.7 Å². The summed E-state index contributed by atoms with van der Waals surface area (Å²) in [5, 5.41) is 11.1. The monoisotopic (exact) mass is 381 g/mol. The van der Waals surface area contributed by atoms with Gasteiger partial charge in [0.05, 0.1) is 6.42 Å². The van der Waals surface area contributed by atoms with Gasteiger partial charge in [0, 0.05) is 15.7 Å². The molecule has 1 aromatic heterocycles. The zero-order valence-electron chi connectivity index (χ0n) is 15.7. The minimum Gasteiger partial charge on any atom is -0.407 e. The minimum atomic E-state index is -0.260. The van der Waals surface area contributed by atoms with Crippen LogP contribution in [0.5, 0.6) is 0 Å². The highest BCUT2D eigenvalue weighted by atomic mass is 32.2. The fraction of sp³-hybridized carbons (Fsp3) is 0.286. The Balaban J connectivity index is 1.63. The van der Waals surface area contributed by atoms with Crippen LogP contribution in [-0.4, -0.2) is 21.4 Å². The second kappa shape index (κ2) is 8.86. The Bertz CT molecular complexity index is 904. The summed E-state index contributed by atoms with van der Waals surface area (Å²) in [4.78, 5) is 13.5. The van der Waals surface area contributed by atoms with Crippen LogP contribution in [0.1, 0.15) is 48.1 Å². The Morgan fingerprint density at radius 1 is 1.11 bits per heavy atom. The number of amides is 1. The molecule has 0 fully saturated rings. The number of thioether (sulfide) groups is 1. The molecule has 2 aromatic carbocycles. The zero-order chi connectivity index (χ0) is 19.2. The molecule has 0 atom stereocenters. The molecule has 0 saturated heterocycles. The van der Waals surface area contributed by atoms with Gasteiger partial charge in [-0.3, -0.25) is 10.1 Å². The largest absolute Gasteiger partial charge is 0.407 e. The van der Waals surface area contributed by atoms with Crippen molar-refractivity contribution in [2.24, 2.45) is 0 Å². The molecule has 0 aliphatic carbocycles. The molecule has 0 unspecified atom stereocenters. The molecule has 3 aromatic rings. The second-order valence-corrected chi connectivity index (χ2v) is 8.15. The van der Waals surface area contributed by atoms with E-state index in [1.807, 2.05) is 18.2 Å². The fourth-order valence-corrected chi connectivity index (χ4v) is 3.49. The van der Waals surface area contributed by atoms with Crippen LogP contribution in [0.3, 0.4) is 0 Å². The Morgan fingerprint density at radius 2 is 1.85 bits per heavy atom. The number of hydrogen-bond donors (Lipinski definition) is 1. The summed E-state index contributed by atoms with van der Waals surface area (Å²) in [6.45, 7) is 6.36. The van der Waals surface area contributed by atoms with E-state index in [0.717, 1.165) is 16.9 Å². The van der Waals surface area contributed by atoms with E-state index in [4.69, 9.17) is 4.42 Å². The normalized spacial score (nSPS) is 11.0. The summed E-state index contributed by atoms with van der Waals surface area (Å²) in [7, 11) is 0. The number of aromatic nitrogens is 2.